The minimum atomic E-state index is -4.64. The minimum Gasteiger partial charge on any atom is -0.480 e. The third-order valence-corrected chi connectivity index (χ3v) is 3.42. The lowest BCUT2D eigenvalue weighted by molar-refractivity contribution is -0.182. The van der Waals surface area contributed by atoms with Crippen LogP contribution in [0.2, 0.25) is 0 Å². The number of carboxylic acids is 1. The van der Waals surface area contributed by atoms with Crippen molar-refractivity contribution in [3.05, 3.63) is 0 Å². The number of carbonyl (C=O) groups is 1. The molecule has 1 heterocycles. The van der Waals surface area contributed by atoms with Gasteiger partial charge in [0.15, 0.2) is 0 Å². The molecule has 0 bridgehead atoms. The fourth-order valence-electron chi connectivity index (χ4n) is 1.15. The summed E-state index contributed by atoms with van der Waals surface area (Å²) in [6.07, 6.45) is -4.63. The highest BCUT2D eigenvalue weighted by molar-refractivity contribution is 8.01. The van der Waals surface area contributed by atoms with Gasteiger partial charge in [0, 0.05) is 0 Å². The van der Waals surface area contributed by atoms with E-state index < -0.39 is 16.9 Å². The van der Waals surface area contributed by atoms with E-state index in [1.54, 1.807) is 0 Å². The maximum atomic E-state index is 12.3. The fraction of sp³-hybridized carbons (Fsp3) is 0.833. The van der Waals surface area contributed by atoms with Gasteiger partial charge in [-0.05, 0) is 18.6 Å². The van der Waals surface area contributed by atoms with Gasteiger partial charge >= 0.3 is 12.1 Å². The van der Waals surface area contributed by atoms with Crippen LogP contribution in [0.15, 0.2) is 0 Å². The van der Waals surface area contributed by atoms with E-state index >= 15 is 0 Å². The van der Waals surface area contributed by atoms with Crippen molar-refractivity contribution in [2.75, 3.05) is 5.75 Å². The molecule has 1 unspecified atom stereocenters. The first kappa shape index (κ1) is 9.70. The molecule has 1 aliphatic heterocycles. The molecule has 1 aliphatic rings. The predicted octanol–water partition coefficient (Wildman–Crippen LogP) is 1.90. The first-order valence-corrected chi connectivity index (χ1v) is 4.33. The SMILES string of the molecule is O=C(O)C1(C(F)(F)F)CCCS1. The molecule has 0 amide bonds. The van der Waals surface area contributed by atoms with Crippen molar-refractivity contribution in [3.63, 3.8) is 0 Å². The summed E-state index contributed by atoms with van der Waals surface area (Å²) in [7, 11) is 0. The van der Waals surface area contributed by atoms with Crippen LogP contribution in [0.1, 0.15) is 12.8 Å². The van der Waals surface area contributed by atoms with Gasteiger partial charge in [0.05, 0.1) is 0 Å². The largest absolute Gasteiger partial charge is 0.480 e. The smallest absolute Gasteiger partial charge is 0.413 e. The van der Waals surface area contributed by atoms with Crippen LogP contribution in [0, 0.1) is 0 Å². The zero-order valence-electron chi connectivity index (χ0n) is 6.02. The van der Waals surface area contributed by atoms with Crippen LogP contribution in [0.25, 0.3) is 0 Å². The maximum absolute atomic E-state index is 12.3. The Hall–Kier alpha value is -0.390. The standard InChI is InChI=1S/C6H7F3O2S/c7-6(8,9)5(4(10)11)2-1-3-12-5/h1-3H2,(H,10,11). The lowest BCUT2D eigenvalue weighted by atomic mass is 10.0. The number of carboxylic acid groups (broad SMARTS) is 1. The van der Waals surface area contributed by atoms with Crippen LogP contribution in [0.4, 0.5) is 13.2 Å². The van der Waals surface area contributed by atoms with E-state index in [0.717, 1.165) is 0 Å². The summed E-state index contributed by atoms with van der Waals surface area (Å²) in [6, 6.07) is 0. The number of hydrogen-bond donors (Lipinski definition) is 1. The second-order valence-electron chi connectivity index (χ2n) is 2.58. The van der Waals surface area contributed by atoms with Crippen molar-refractivity contribution in [2.24, 2.45) is 0 Å². The van der Waals surface area contributed by atoms with Crippen LogP contribution < -0.4 is 0 Å². The Bertz CT molecular complexity index is 195. The summed E-state index contributed by atoms with van der Waals surface area (Å²) in [5, 5.41) is 8.46. The van der Waals surface area contributed by atoms with E-state index in [1.165, 1.54) is 0 Å². The molecule has 12 heavy (non-hydrogen) atoms. The summed E-state index contributed by atoms with van der Waals surface area (Å²) in [5.74, 6) is -1.50. The molecule has 1 saturated heterocycles. The van der Waals surface area contributed by atoms with Gasteiger partial charge in [-0.15, -0.1) is 11.8 Å². The molecular formula is C6H7F3O2S. The molecule has 0 aromatic heterocycles. The van der Waals surface area contributed by atoms with Crippen LogP contribution in [-0.4, -0.2) is 27.8 Å². The first-order chi connectivity index (χ1) is 5.40. The third kappa shape index (κ3) is 1.28. The van der Waals surface area contributed by atoms with Crippen molar-refractivity contribution in [1.82, 2.24) is 0 Å². The number of thioether (sulfide) groups is 1. The average molecular weight is 200 g/mol. The quantitative estimate of drug-likeness (QED) is 0.702. The Kier molecular flexibility index (Phi) is 2.29. The number of aliphatic carboxylic acids is 1. The van der Waals surface area contributed by atoms with Crippen molar-refractivity contribution in [1.29, 1.82) is 0 Å². The molecule has 0 aromatic rings. The summed E-state index contributed by atoms with van der Waals surface area (Å²) >= 11 is 0.480. The normalized spacial score (nSPS) is 30.6. The molecule has 6 heteroatoms. The average Bonchev–Trinajstić information content (AvgIpc) is 2.31. The predicted molar refractivity (Wildman–Crippen MR) is 38.1 cm³/mol. The van der Waals surface area contributed by atoms with E-state index in [4.69, 9.17) is 5.11 Å². The van der Waals surface area contributed by atoms with Gasteiger partial charge in [0.2, 0.25) is 4.75 Å². The van der Waals surface area contributed by atoms with E-state index in [1.807, 2.05) is 0 Å². The van der Waals surface area contributed by atoms with Gasteiger partial charge in [0.25, 0.3) is 0 Å². The van der Waals surface area contributed by atoms with Gasteiger partial charge in [-0.2, -0.15) is 13.2 Å². The van der Waals surface area contributed by atoms with Crippen LogP contribution in [0.3, 0.4) is 0 Å². The zero-order valence-corrected chi connectivity index (χ0v) is 6.84. The van der Waals surface area contributed by atoms with Crippen molar-refractivity contribution < 1.29 is 23.1 Å². The maximum Gasteiger partial charge on any atom is 0.413 e. The van der Waals surface area contributed by atoms with Crippen LogP contribution in [-0.2, 0) is 4.79 Å². The second-order valence-corrected chi connectivity index (χ2v) is 3.98. The number of rotatable bonds is 1. The van der Waals surface area contributed by atoms with Gasteiger partial charge < -0.3 is 5.11 Å². The van der Waals surface area contributed by atoms with E-state index in [-0.39, 0.29) is 12.2 Å². The summed E-state index contributed by atoms with van der Waals surface area (Å²) in [4.78, 5) is 10.4. The summed E-state index contributed by atoms with van der Waals surface area (Å²) < 4.78 is 34.3. The topological polar surface area (TPSA) is 37.3 Å². The van der Waals surface area contributed by atoms with E-state index in [0.29, 0.717) is 18.2 Å². The van der Waals surface area contributed by atoms with Crippen LogP contribution >= 0.6 is 11.8 Å². The highest BCUT2D eigenvalue weighted by atomic mass is 32.2. The number of hydrogen-bond acceptors (Lipinski definition) is 2. The molecule has 0 saturated carbocycles. The van der Waals surface area contributed by atoms with Crippen LogP contribution in [0.5, 0.6) is 0 Å². The molecule has 0 spiro atoms. The highest BCUT2D eigenvalue weighted by Crippen LogP contribution is 2.49. The third-order valence-electron chi connectivity index (χ3n) is 1.83. The Morgan fingerprint density at radius 3 is 2.25 bits per heavy atom. The molecule has 0 aromatic carbocycles. The molecule has 0 aliphatic carbocycles. The van der Waals surface area contributed by atoms with E-state index in [9.17, 15) is 18.0 Å². The Labute approximate surface area is 71.1 Å². The lowest BCUT2D eigenvalue weighted by Crippen LogP contribution is -2.47. The molecule has 1 rings (SSSR count). The molecule has 1 fully saturated rings. The molecule has 70 valence electrons. The minimum absolute atomic E-state index is 0.270. The fourth-order valence-corrected chi connectivity index (χ4v) is 2.37. The van der Waals surface area contributed by atoms with Gasteiger partial charge in [-0.25, -0.2) is 0 Å². The highest BCUT2D eigenvalue weighted by Gasteiger charge is 2.62. The second kappa shape index (κ2) is 2.83. The molecule has 1 N–H and O–H groups in total. The van der Waals surface area contributed by atoms with Gasteiger partial charge in [-0.1, -0.05) is 0 Å². The first-order valence-electron chi connectivity index (χ1n) is 3.34. The zero-order chi connectivity index (χ0) is 9.41. The van der Waals surface area contributed by atoms with Gasteiger partial charge in [-0.3, -0.25) is 4.79 Å². The Morgan fingerprint density at radius 1 is 1.50 bits per heavy atom. The number of alkyl halides is 3. The molecular weight excluding hydrogens is 193 g/mol. The lowest BCUT2D eigenvalue weighted by Gasteiger charge is -2.25. The van der Waals surface area contributed by atoms with E-state index in [2.05, 4.69) is 0 Å². The van der Waals surface area contributed by atoms with Gasteiger partial charge in [0.1, 0.15) is 0 Å². The molecule has 0 radical (unpaired) electrons. The number of halogens is 3. The summed E-state index contributed by atoms with van der Waals surface area (Å²) in [6.45, 7) is 0. The molecule has 2 nitrogen and oxygen atoms in total. The Balaban J connectivity index is 2.94. The molecule has 1 atom stereocenters. The van der Waals surface area contributed by atoms with Crippen molar-refractivity contribution in [3.8, 4) is 0 Å². The van der Waals surface area contributed by atoms with Crippen molar-refractivity contribution >= 4 is 17.7 Å². The Morgan fingerprint density at radius 2 is 2.08 bits per heavy atom. The monoisotopic (exact) mass is 200 g/mol. The summed E-state index contributed by atoms with van der Waals surface area (Å²) in [5.41, 5.74) is 0. The van der Waals surface area contributed by atoms with Crippen molar-refractivity contribution in [2.45, 2.75) is 23.8 Å².